The van der Waals surface area contributed by atoms with Gasteiger partial charge >= 0.3 is 0 Å². The van der Waals surface area contributed by atoms with Crippen molar-refractivity contribution in [3.05, 3.63) is 54.1 Å². The van der Waals surface area contributed by atoms with Gasteiger partial charge in [-0.25, -0.2) is 0 Å². The molecule has 0 atom stereocenters. The van der Waals surface area contributed by atoms with Crippen molar-refractivity contribution in [2.45, 2.75) is 6.92 Å². The highest BCUT2D eigenvalue weighted by Crippen LogP contribution is 2.20. The zero-order valence-corrected chi connectivity index (χ0v) is 10.7. The molecule has 0 aliphatic carbocycles. The van der Waals surface area contributed by atoms with Gasteiger partial charge in [0.25, 0.3) is 5.91 Å². The predicted octanol–water partition coefficient (Wildman–Crippen LogP) is 2.59. The van der Waals surface area contributed by atoms with Crippen LogP contribution in [0, 0.1) is 6.92 Å². The molecule has 0 unspecified atom stereocenters. The Morgan fingerprint density at radius 1 is 1.21 bits per heavy atom. The number of hydrogen-bond acceptors (Lipinski definition) is 3. The first kappa shape index (κ1) is 13.0. The summed E-state index contributed by atoms with van der Waals surface area (Å²) >= 11 is 0. The lowest BCUT2D eigenvalue weighted by Crippen LogP contribution is -2.20. The highest BCUT2D eigenvalue weighted by molar-refractivity contribution is 5.91. The molecule has 3 N–H and O–H groups in total. The summed E-state index contributed by atoms with van der Waals surface area (Å²) in [7, 11) is 0. The van der Waals surface area contributed by atoms with Crippen LogP contribution < -0.4 is 15.8 Å². The molecule has 19 heavy (non-hydrogen) atoms. The zero-order valence-electron chi connectivity index (χ0n) is 10.7. The molecule has 2 rings (SSSR count). The molecule has 0 bridgehead atoms. The van der Waals surface area contributed by atoms with Crippen molar-refractivity contribution >= 4 is 17.3 Å². The SMILES string of the molecule is Cc1ccc(N)cc1OCC(=O)Nc1ccccc1. The summed E-state index contributed by atoms with van der Waals surface area (Å²) in [5, 5.41) is 2.75. The van der Waals surface area contributed by atoms with Crippen LogP contribution in [0.3, 0.4) is 0 Å². The fourth-order valence-electron chi connectivity index (χ4n) is 1.63. The van der Waals surface area contributed by atoms with Crippen molar-refractivity contribution in [3.8, 4) is 5.75 Å². The van der Waals surface area contributed by atoms with Gasteiger partial charge in [-0.15, -0.1) is 0 Å². The molecule has 0 fully saturated rings. The van der Waals surface area contributed by atoms with E-state index in [0.717, 1.165) is 11.3 Å². The van der Waals surface area contributed by atoms with Crippen molar-refractivity contribution < 1.29 is 9.53 Å². The molecule has 2 aromatic carbocycles. The molecule has 0 radical (unpaired) electrons. The normalized spacial score (nSPS) is 9.95. The van der Waals surface area contributed by atoms with Gasteiger partial charge in [-0.2, -0.15) is 0 Å². The van der Waals surface area contributed by atoms with Crippen LogP contribution in [-0.4, -0.2) is 12.5 Å². The maximum Gasteiger partial charge on any atom is 0.262 e. The number of para-hydroxylation sites is 1. The molecule has 0 aliphatic heterocycles. The third kappa shape index (κ3) is 3.74. The standard InChI is InChI=1S/C15H16N2O2/c1-11-7-8-12(16)9-14(11)19-10-15(18)17-13-5-3-2-4-6-13/h2-9H,10,16H2,1H3,(H,17,18). The lowest BCUT2D eigenvalue weighted by Gasteiger charge is -2.10. The van der Waals surface area contributed by atoms with Gasteiger partial charge < -0.3 is 15.8 Å². The molecule has 0 spiro atoms. The summed E-state index contributed by atoms with van der Waals surface area (Å²) in [5.41, 5.74) is 7.99. The van der Waals surface area contributed by atoms with E-state index in [1.807, 2.05) is 43.3 Å². The maximum absolute atomic E-state index is 11.7. The Balaban J connectivity index is 1.92. The zero-order chi connectivity index (χ0) is 13.7. The fraction of sp³-hybridized carbons (Fsp3) is 0.133. The molecular formula is C15H16N2O2. The number of carbonyl (C=O) groups excluding carboxylic acids is 1. The molecule has 0 saturated heterocycles. The third-order valence-corrected chi connectivity index (χ3v) is 2.63. The largest absolute Gasteiger partial charge is 0.483 e. The second-order valence-electron chi connectivity index (χ2n) is 4.23. The average Bonchev–Trinajstić information content (AvgIpc) is 2.41. The van der Waals surface area contributed by atoms with E-state index in [1.165, 1.54) is 0 Å². The number of carbonyl (C=O) groups is 1. The summed E-state index contributed by atoms with van der Waals surface area (Å²) in [5.74, 6) is 0.427. The number of nitrogens with two attached hydrogens (primary N) is 1. The first-order chi connectivity index (χ1) is 9.15. The first-order valence-corrected chi connectivity index (χ1v) is 5.99. The van der Waals surface area contributed by atoms with Crippen molar-refractivity contribution in [2.24, 2.45) is 0 Å². The molecule has 0 aliphatic rings. The minimum absolute atomic E-state index is 0.0425. The van der Waals surface area contributed by atoms with Crippen molar-refractivity contribution in [1.29, 1.82) is 0 Å². The van der Waals surface area contributed by atoms with Gasteiger partial charge in [0, 0.05) is 17.4 Å². The topological polar surface area (TPSA) is 64.3 Å². The van der Waals surface area contributed by atoms with E-state index in [-0.39, 0.29) is 12.5 Å². The van der Waals surface area contributed by atoms with Crippen LogP contribution in [-0.2, 0) is 4.79 Å². The number of hydrogen-bond donors (Lipinski definition) is 2. The van der Waals surface area contributed by atoms with Gasteiger partial charge in [-0.1, -0.05) is 24.3 Å². The monoisotopic (exact) mass is 256 g/mol. The molecule has 0 saturated carbocycles. The number of benzene rings is 2. The number of nitrogens with one attached hydrogen (secondary N) is 1. The summed E-state index contributed by atoms with van der Waals surface area (Å²) in [4.78, 5) is 11.7. The van der Waals surface area contributed by atoms with E-state index in [4.69, 9.17) is 10.5 Å². The number of nitrogen functional groups attached to an aromatic ring is 1. The summed E-state index contributed by atoms with van der Waals surface area (Å²) in [6.07, 6.45) is 0. The molecule has 2 aromatic rings. The number of amides is 1. The minimum atomic E-state index is -0.201. The minimum Gasteiger partial charge on any atom is -0.483 e. The molecule has 0 heterocycles. The molecule has 4 heteroatoms. The van der Waals surface area contributed by atoms with Crippen LogP contribution in [0.2, 0.25) is 0 Å². The van der Waals surface area contributed by atoms with Crippen molar-refractivity contribution in [1.82, 2.24) is 0 Å². The van der Waals surface area contributed by atoms with Gasteiger partial charge in [-0.3, -0.25) is 4.79 Å². The maximum atomic E-state index is 11.7. The van der Waals surface area contributed by atoms with Crippen LogP contribution >= 0.6 is 0 Å². The smallest absolute Gasteiger partial charge is 0.262 e. The predicted molar refractivity (Wildman–Crippen MR) is 76.2 cm³/mol. The van der Waals surface area contributed by atoms with Gasteiger partial charge in [0.2, 0.25) is 0 Å². The number of rotatable bonds is 4. The van der Waals surface area contributed by atoms with E-state index < -0.39 is 0 Å². The molecule has 98 valence electrons. The van der Waals surface area contributed by atoms with Gasteiger partial charge in [0.15, 0.2) is 6.61 Å². The molecule has 0 aromatic heterocycles. The van der Waals surface area contributed by atoms with Crippen LogP contribution in [0.25, 0.3) is 0 Å². The molecule has 4 nitrogen and oxygen atoms in total. The summed E-state index contributed by atoms with van der Waals surface area (Å²) < 4.78 is 5.46. The Labute approximate surface area is 112 Å². The van der Waals surface area contributed by atoms with Gasteiger partial charge in [0.1, 0.15) is 5.75 Å². The van der Waals surface area contributed by atoms with Crippen LogP contribution in [0.1, 0.15) is 5.56 Å². The summed E-state index contributed by atoms with van der Waals surface area (Å²) in [6, 6.07) is 14.6. The van der Waals surface area contributed by atoms with E-state index >= 15 is 0 Å². The van der Waals surface area contributed by atoms with Crippen LogP contribution in [0.5, 0.6) is 5.75 Å². The Bertz CT molecular complexity index is 568. The quantitative estimate of drug-likeness (QED) is 0.826. The fourth-order valence-corrected chi connectivity index (χ4v) is 1.63. The van der Waals surface area contributed by atoms with Crippen LogP contribution in [0.4, 0.5) is 11.4 Å². The second-order valence-corrected chi connectivity index (χ2v) is 4.23. The summed E-state index contributed by atoms with van der Waals surface area (Å²) in [6.45, 7) is 1.86. The lowest BCUT2D eigenvalue weighted by molar-refractivity contribution is -0.118. The average molecular weight is 256 g/mol. The number of anilines is 2. The lowest BCUT2D eigenvalue weighted by atomic mass is 10.2. The van der Waals surface area contributed by atoms with E-state index in [2.05, 4.69) is 5.32 Å². The van der Waals surface area contributed by atoms with E-state index in [0.29, 0.717) is 11.4 Å². The number of aryl methyl sites for hydroxylation is 1. The Hall–Kier alpha value is -2.49. The van der Waals surface area contributed by atoms with E-state index in [1.54, 1.807) is 12.1 Å². The highest BCUT2D eigenvalue weighted by Gasteiger charge is 2.05. The Kier molecular flexibility index (Phi) is 4.03. The van der Waals surface area contributed by atoms with Gasteiger partial charge in [-0.05, 0) is 30.7 Å². The Morgan fingerprint density at radius 2 is 1.95 bits per heavy atom. The van der Waals surface area contributed by atoms with E-state index in [9.17, 15) is 4.79 Å². The van der Waals surface area contributed by atoms with Crippen molar-refractivity contribution in [2.75, 3.05) is 17.7 Å². The highest BCUT2D eigenvalue weighted by atomic mass is 16.5. The first-order valence-electron chi connectivity index (χ1n) is 5.99. The third-order valence-electron chi connectivity index (χ3n) is 2.63. The van der Waals surface area contributed by atoms with Crippen LogP contribution in [0.15, 0.2) is 48.5 Å². The molecular weight excluding hydrogens is 240 g/mol. The van der Waals surface area contributed by atoms with Gasteiger partial charge in [0.05, 0.1) is 0 Å². The molecule has 1 amide bonds. The second kappa shape index (κ2) is 5.91. The van der Waals surface area contributed by atoms with Crippen molar-refractivity contribution in [3.63, 3.8) is 0 Å². The number of ether oxygens (including phenoxy) is 1. The Morgan fingerprint density at radius 3 is 2.68 bits per heavy atom.